The Bertz CT molecular complexity index is 888. The highest BCUT2D eigenvalue weighted by molar-refractivity contribution is 5.90. The minimum absolute atomic E-state index is 0.0278. The van der Waals surface area contributed by atoms with Gasteiger partial charge in [0, 0.05) is 13.1 Å². The van der Waals surface area contributed by atoms with Crippen LogP contribution < -0.4 is 10.6 Å². The summed E-state index contributed by atoms with van der Waals surface area (Å²) in [6.07, 6.45) is 1.44. The van der Waals surface area contributed by atoms with Crippen LogP contribution in [0.25, 0.3) is 0 Å². The van der Waals surface area contributed by atoms with E-state index in [0.717, 1.165) is 23.3 Å². The standard InChI is InChI=1S/C20H19F2N3O2/c21-15-6-3-7-16(22)18(15)23-19(27)25-10-8-20(9-11-25)14-5-2-1-4-13(14)12-17(26)24-20/h1-7H,8-12H2,(H,23,27)(H,24,26). The average molecular weight is 371 g/mol. The Labute approximate surface area is 155 Å². The number of hydrogen-bond acceptors (Lipinski definition) is 2. The topological polar surface area (TPSA) is 61.4 Å². The summed E-state index contributed by atoms with van der Waals surface area (Å²) in [4.78, 5) is 26.1. The van der Waals surface area contributed by atoms with Crippen LogP contribution in [-0.4, -0.2) is 29.9 Å². The molecule has 0 aromatic heterocycles. The third-order valence-electron chi connectivity index (χ3n) is 5.36. The lowest BCUT2D eigenvalue weighted by atomic mass is 9.76. The molecule has 2 aromatic rings. The summed E-state index contributed by atoms with van der Waals surface area (Å²) in [5.74, 6) is -1.66. The van der Waals surface area contributed by atoms with Crippen LogP contribution in [0.5, 0.6) is 0 Å². The van der Waals surface area contributed by atoms with Gasteiger partial charge >= 0.3 is 6.03 Å². The van der Waals surface area contributed by atoms with E-state index < -0.39 is 28.9 Å². The van der Waals surface area contributed by atoms with Crippen molar-refractivity contribution in [1.29, 1.82) is 0 Å². The largest absolute Gasteiger partial charge is 0.346 e. The number of carbonyl (C=O) groups excluding carboxylic acids is 2. The molecule has 2 heterocycles. The normalized spacial score (nSPS) is 18.0. The van der Waals surface area contributed by atoms with Gasteiger partial charge in [-0.1, -0.05) is 30.3 Å². The van der Waals surface area contributed by atoms with Gasteiger partial charge in [0.25, 0.3) is 0 Å². The molecule has 0 radical (unpaired) electrons. The molecule has 1 fully saturated rings. The summed E-state index contributed by atoms with van der Waals surface area (Å²) in [5, 5.41) is 5.42. The van der Waals surface area contributed by atoms with Crippen molar-refractivity contribution in [3.63, 3.8) is 0 Å². The molecule has 0 atom stereocenters. The Balaban J connectivity index is 1.49. The fraction of sp³-hybridized carbons (Fsp3) is 0.300. The van der Waals surface area contributed by atoms with Crippen LogP contribution >= 0.6 is 0 Å². The SMILES string of the molecule is O=C1Cc2ccccc2C2(CCN(C(=O)Nc3c(F)cccc3F)CC2)N1. The van der Waals surface area contributed by atoms with Crippen LogP contribution in [0, 0.1) is 11.6 Å². The number of amides is 3. The summed E-state index contributed by atoms with van der Waals surface area (Å²) in [6, 6.07) is 10.7. The molecule has 2 aliphatic rings. The van der Waals surface area contributed by atoms with Gasteiger partial charge in [0.05, 0.1) is 12.0 Å². The quantitative estimate of drug-likeness (QED) is 0.809. The highest BCUT2D eigenvalue weighted by Gasteiger charge is 2.42. The predicted octanol–water partition coefficient (Wildman–Crippen LogP) is 3.16. The molecule has 2 aliphatic heterocycles. The Kier molecular flexibility index (Phi) is 4.30. The number of halogens is 2. The van der Waals surface area contributed by atoms with Crippen molar-refractivity contribution < 1.29 is 18.4 Å². The van der Waals surface area contributed by atoms with Gasteiger partial charge in [-0.3, -0.25) is 4.79 Å². The van der Waals surface area contributed by atoms with Crippen molar-refractivity contribution in [2.75, 3.05) is 18.4 Å². The Morgan fingerprint density at radius 3 is 2.41 bits per heavy atom. The minimum Gasteiger partial charge on any atom is -0.346 e. The summed E-state index contributed by atoms with van der Waals surface area (Å²) in [5.41, 5.74) is 1.16. The van der Waals surface area contributed by atoms with E-state index in [1.165, 1.54) is 11.0 Å². The molecule has 2 aromatic carbocycles. The van der Waals surface area contributed by atoms with E-state index in [1.54, 1.807) is 0 Å². The molecular weight excluding hydrogens is 352 g/mol. The Hall–Kier alpha value is -2.96. The van der Waals surface area contributed by atoms with Gasteiger partial charge in [-0.2, -0.15) is 0 Å². The number of nitrogens with one attached hydrogen (secondary N) is 2. The summed E-state index contributed by atoms with van der Waals surface area (Å²) < 4.78 is 27.5. The maximum Gasteiger partial charge on any atom is 0.322 e. The molecule has 5 nitrogen and oxygen atoms in total. The number of piperidine rings is 1. The van der Waals surface area contributed by atoms with Crippen molar-refractivity contribution in [1.82, 2.24) is 10.2 Å². The highest BCUT2D eigenvalue weighted by atomic mass is 19.1. The zero-order valence-electron chi connectivity index (χ0n) is 14.6. The number of benzene rings is 2. The highest BCUT2D eigenvalue weighted by Crippen LogP contribution is 2.37. The molecule has 2 N–H and O–H groups in total. The monoisotopic (exact) mass is 371 g/mol. The van der Waals surface area contributed by atoms with Gasteiger partial charge in [-0.05, 0) is 36.1 Å². The maximum atomic E-state index is 13.8. The van der Waals surface area contributed by atoms with Crippen molar-refractivity contribution in [3.8, 4) is 0 Å². The van der Waals surface area contributed by atoms with E-state index in [-0.39, 0.29) is 5.91 Å². The lowest BCUT2D eigenvalue weighted by molar-refractivity contribution is -0.123. The van der Waals surface area contributed by atoms with Crippen LogP contribution in [0.2, 0.25) is 0 Å². The molecule has 1 saturated heterocycles. The first kappa shape index (κ1) is 17.5. The van der Waals surface area contributed by atoms with Crippen molar-refractivity contribution >= 4 is 17.6 Å². The van der Waals surface area contributed by atoms with Crippen molar-refractivity contribution in [2.24, 2.45) is 0 Å². The number of likely N-dealkylation sites (tertiary alicyclic amines) is 1. The lowest BCUT2D eigenvalue weighted by Gasteiger charge is -2.45. The number of nitrogens with zero attached hydrogens (tertiary/aromatic N) is 1. The lowest BCUT2D eigenvalue weighted by Crippen LogP contribution is -2.57. The number of carbonyl (C=O) groups is 2. The zero-order chi connectivity index (χ0) is 19.0. The van der Waals surface area contributed by atoms with Gasteiger partial charge in [0.2, 0.25) is 5.91 Å². The third-order valence-corrected chi connectivity index (χ3v) is 5.36. The minimum atomic E-state index is -0.815. The molecule has 27 heavy (non-hydrogen) atoms. The average Bonchev–Trinajstić information content (AvgIpc) is 2.65. The third kappa shape index (κ3) is 3.13. The van der Waals surface area contributed by atoms with E-state index in [1.807, 2.05) is 24.3 Å². The van der Waals surface area contributed by atoms with Gasteiger partial charge in [0.1, 0.15) is 17.3 Å². The van der Waals surface area contributed by atoms with E-state index in [4.69, 9.17) is 0 Å². The second-order valence-electron chi connectivity index (χ2n) is 6.98. The molecule has 4 rings (SSSR count). The van der Waals surface area contributed by atoms with Crippen LogP contribution in [0.15, 0.2) is 42.5 Å². The predicted molar refractivity (Wildman–Crippen MR) is 96.2 cm³/mol. The molecule has 0 unspecified atom stereocenters. The van der Waals surface area contributed by atoms with Crippen LogP contribution in [0.4, 0.5) is 19.3 Å². The number of anilines is 1. The van der Waals surface area contributed by atoms with E-state index >= 15 is 0 Å². The van der Waals surface area contributed by atoms with E-state index in [0.29, 0.717) is 32.4 Å². The Morgan fingerprint density at radius 2 is 1.70 bits per heavy atom. The number of para-hydroxylation sites is 1. The summed E-state index contributed by atoms with van der Waals surface area (Å²) >= 11 is 0. The van der Waals surface area contributed by atoms with Gasteiger partial charge in [-0.25, -0.2) is 13.6 Å². The second-order valence-corrected chi connectivity index (χ2v) is 6.98. The van der Waals surface area contributed by atoms with Gasteiger partial charge < -0.3 is 15.5 Å². The first-order valence-corrected chi connectivity index (χ1v) is 8.88. The number of urea groups is 1. The maximum absolute atomic E-state index is 13.8. The zero-order valence-corrected chi connectivity index (χ0v) is 14.6. The molecule has 3 amide bonds. The fourth-order valence-electron chi connectivity index (χ4n) is 3.98. The number of hydrogen-bond donors (Lipinski definition) is 2. The smallest absolute Gasteiger partial charge is 0.322 e. The molecule has 7 heteroatoms. The number of fused-ring (bicyclic) bond motifs is 2. The molecule has 0 saturated carbocycles. The van der Waals surface area contributed by atoms with Gasteiger partial charge in [-0.15, -0.1) is 0 Å². The first-order valence-electron chi connectivity index (χ1n) is 8.88. The van der Waals surface area contributed by atoms with E-state index in [9.17, 15) is 18.4 Å². The number of rotatable bonds is 1. The molecule has 1 spiro atoms. The van der Waals surface area contributed by atoms with Crippen LogP contribution in [-0.2, 0) is 16.8 Å². The Morgan fingerprint density at radius 1 is 1.04 bits per heavy atom. The fourth-order valence-corrected chi connectivity index (χ4v) is 3.98. The van der Waals surface area contributed by atoms with Crippen LogP contribution in [0.3, 0.4) is 0 Å². The second kappa shape index (κ2) is 6.64. The molecule has 140 valence electrons. The van der Waals surface area contributed by atoms with Gasteiger partial charge in [0.15, 0.2) is 0 Å². The molecular formula is C20H19F2N3O2. The van der Waals surface area contributed by atoms with Crippen molar-refractivity contribution in [2.45, 2.75) is 24.8 Å². The summed E-state index contributed by atoms with van der Waals surface area (Å²) in [6.45, 7) is 0.743. The summed E-state index contributed by atoms with van der Waals surface area (Å²) in [7, 11) is 0. The van der Waals surface area contributed by atoms with E-state index in [2.05, 4.69) is 10.6 Å². The molecule has 0 aliphatic carbocycles. The first-order chi connectivity index (χ1) is 13.0. The van der Waals surface area contributed by atoms with Crippen molar-refractivity contribution in [3.05, 3.63) is 65.2 Å². The van der Waals surface area contributed by atoms with Crippen LogP contribution in [0.1, 0.15) is 24.0 Å². The molecule has 0 bridgehead atoms.